The van der Waals surface area contributed by atoms with E-state index >= 15 is 0 Å². The van der Waals surface area contributed by atoms with Crippen LogP contribution in [0, 0.1) is 13.8 Å². The Labute approximate surface area is 115 Å². The number of nitrogens with one attached hydrogen (secondary N) is 2. The van der Waals surface area contributed by atoms with Gasteiger partial charge in [0.05, 0.1) is 12.2 Å². The fourth-order valence-electron chi connectivity index (χ4n) is 1.75. The molecule has 0 saturated heterocycles. The van der Waals surface area contributed by atoms with Crippen LogP contribution in [0.15, 0.2) is 9.41 Å². The summed E-state index contributed by atoms with van der Waals surface area (Å²) in [4.78, 5) is 8.50. The van der Waals surface area contributed by atoms with Gasteiger partial charge in [0.15, 0.2) is 5.96 Å². The molecule has 5 nitrogen and oxygen atoms in total. The highest BCUT2D eigenvalue weighted by Crippen LogP contribution is 2.07. The Kier molecular flexibility index (Phi) is 7.00. The molecule has 1 aromatic heterocycles. The maximum atomic E-state index is 5.51. The maximum Gasteiger partial charge on any atom is 0.214 e. The lowest BCUT2D eigenvalue weighted by Crippen LogP contribution is -2.37. The summed E-state index contributed by atoms with van der Waals surface area (Å²) in [7, 11) is 1.77. The number of aromatic nitrogens is 1. The zero-order valence-corrected chi connectivity index (χ0v) is 12.5. The fourth-order valence-corrected chi connectivity index (χ4v) is 1.75. The Bertz CT molecular complexity index is 379. The van der Waals surface area contributed by atoms with Gasteiger partial charge in [0, 0.05) is 13.6 Å². The predicted octanol–water partition coefficient (Wildman–Crippen LogP) is 2.54. The third-order valence-electron chi connectivity index (χ3n) is 3.03. The third-order valence-corrected chi connectivity index (χ3v) is 3.03. The molecular weight excluding hydrogens is 240 g/mol. The highest BCUT2D eigenvalue weighted by molar-refractivity contribution is 5.79. The number of aliphatic imine (C=N–C) groups is 1. The number of aryl methyl sites for hydroxylation is 2. The van der Waals surface area contributed by atoms with Crippen molar-refractivity contribution < 1.29 is 4.42 Å². The molecule has 1 heterocycles. The van der Waals surface area contributed by atoms with Gasteiger partial charge in [-0.15, -0.1) is 0 Å². The number of nitrogens with zero attached hydrogens (tertiary/aromatic N) is 2. The molecule has 19 heavy (non-hydrogen) atoms. The monoisotopic (exact) mass is 266 g/mol. The van der Waals surface area contributed by atoms with E-state index in [0.29, 0.717) is 12.4 Å². The fraction of sp³-hybridized carbons (Fsp3) is 0.714. The van der Waals surface area contributed by atoms with Crippen LogP contribution in [0.4, 0.5) is 0 Å². The van der Waals surface area contributed by atoms with E-state index in [2.05, 4.69) is 27.5 Å². The van der Waals surface area contributed by atoms with Crippen LogP contribution in [0.3, 0.4) is 0 Å². The van der Waals surface area contributed by atoms with Crippen molar-refractivity contribution >= 4 is 5.96 Å². The zero-order valence-electron chi connectivity index (χ0n) is 12.5. The van der Waals surface area contributed by atoms with Crippen molar-refractivity contribution in [1.29, 1.82) is 0 Å². The first-order valence-corrected chi connectivity index (χ1v) is 7.04. The van der Waals surface area contributed by atoms with Crippen molar-refractivity contribution in [3.63, 3.8) is 0 Å². The maximum absolute atomic E-state index is 5.51. The molecule has 5 heteroatoms. The van der Waals surface area contributed by atoms with E-state index in [1.165, 1.54) is 25.7 Å². The molecule has 2 N–H and O–H groups in total. The molecule has 0 atom stereocenters. The molecule has 0 amide bonds. The molecular formula is C14H26N4O. The van der Waals surface area contributed by atoms with Crippen molar-refractivity contribution in [2.45, 2.75) is 53.0 Å². The number of unbranched alkanes of at least 4 members (excludes halogenated alkanes) is 3. The average Bonchev–Trinajstić information content (AvgIpc) is 2.72. The second-order valence-electron chi connectivity index (χ2n) is 4.66. The van der Waals surface area contributed by atoms with Gasteiger partial charge in [-0.05, 0) is 20.3 Å². The van der Waals surface area contributed by atoms with Crippen LogP contribution in [-0.4, -0.2) is 24.5 Å². The van der Waals surface area contributed by atoms with Gasteiger partial charge in [0.1, 0.15) is 5.76 Å². The number of hydrogen-bond donors (Lipinski definition) is 2. The van der Waals surface area contributed by atoms with Crippen LogP contribution in [-0.2, 0) is 6.54 Å². The SMILES string of the molecule is CCCCCCNC(=NC)NCc1nc(C)c(C)o1. The molecule has 0 bridgehead atoms. The molecule has 0 aliphatic heterocycles. The van der Waals surface area contributed by atoms with Crippen LogP contribution in [0.25, 0.3) is 0 Å². The lowest BCUT2D eigenvalue weighted by molar-refractivity contribution is 0.463. The average molecular weight is 266 g/mol. The number of hydrogen-bond acceptors (Lipinski definition) is 3. The Hall–Kier alpha value is -1.52. The van der Waals surface area contributed by atoms with Crippen LogP contribution in [0.5, 0.6) is 0 Å². The molecule has 0 radical (unpaired) electrons. The van der Waals surface area contributed by atoms with Crippen molar-refractivity contribution in [3.8, 4) is 0 Å². The van der Waals surface area contributed by atoms with E-state index in [9.17, 15) is 0 Å². The first-order chi connectivity index (χ1) is 9.17. The van der Waals surface area contributed by atoms with Crippen molar-refractivity contribution in [2.75, 3.05) is 13.6 Å². The van der Waals surface area contributed by atoms with E-state index in [1.807, 2.05) is 13.8 Å². The summed E-state index contributed by atoms with van der Waals surface area (Å²) >= 11 is 0. The molecule has 0 unspecified atom stereocenters. The van der Waals surface area contributed by atoms with E-state index in [-0.39, 0.29) is 0 Å². The van der Waals surface area contributed by atoms with Gasteiger partial charge < -0.3 is 15.1 Å². The van der Waals surface area contributed by atoms with Gasteiger partial charge in [0.2, 0.25) is 5.89 Å². The molecule has 1 aromatic rings. The second-order valence-corrected chi connectivity index (χ2v) is 4.66. The predicted molar refractivity (Wildman–Crippen MR) is 78.3 cm³/mol. The molecule has 0 fully saturated rings. The first kappa shape index (κ1) is 15.5. The van der Waals surface area contributed by atoms with Gasteiger partial charge in [-0.1, -0.05) is 26.2 Å². The number of guanidine groups is 1. The largest absolute Gasteiger partial charge is 0.444 e. The molecule has 0 aliphatic carbocycles. The topological polar surface area (TPSA) is 62.5 Å². The summed E-state index contributed by atoms with van der Waals surface area (Å²) in [5.74, 6) is 2.37. The third kappa shape index (κ3) is 5.77. The number of oxazole rings is 1. The molecule has 0 aliphatic rings. The van der Waals surface area contributed by atoms with Crippen LogP contribution in [0.1, 0.15) is 50.0 Å². The van der Waals surface area contributed by atoms with Crippen LogP contribution in [0.2, 0.25) is 0 Å². The van der Waals surface area contributed by atoms with E-state index in [0.717, 1.165) is 24.0 Å². The lowest BCUT2D eigenvalue weighted by atomic mass is 10.2. The van der Waals surface area contributed by atoms with Gasteiger partial charge in [-0.25, -0.2) is 4.98 Å². The summed E-state index contributed by atoms with van der Waals surface area (Å²) in [5, 5.41) is 6.49. The zero-order chi connectivity index (χ0) is 14.1. The molecule has 0 aromatic carbocycles. The highest BCUT2D eigenvalue weighted by Gasteiger charge is 2.05. The normalized spacial score (nSPS) is 11.7. The van der Waals surface area contributed by atoms with Gasteiger partial charge >= 0.3 is 0 Å². The van der Waals surface area contributed by atoms with E-state index in [4.69, 9.17) is 4.42 Å². The number of rotatable bonds is 7. The molecule has 1 rings (SSSR count). The Balaban J connectivity index is 2.25. The lowest BCUT2D eigenvalue weighted by Gasteiger charge is -2.10. The van der Waals surface area contributed by atoms with E-state index < -0.39 is 0 Å². The van der Waals surface area contributed by atoms with Gasteiger partial charge in [-0.2, -0.15) is 0 Å². The smallest absolute Gasteiger partial charge is 0.214 e. The highest BCUT2D eigenvalue weighted by atomic mass is 16.4. The summed E-state index contributed by atoms with van der Waals surface area (Å²) in [6.07, 6.45) is 4.99. The standard InChI is InChI=1S/C14H26N4O/c1-5-6-7-8-9-16-14(15-4)17-10-13-18-11(2)12(3)19-13/h5-10H2,1-4H3,(H2,15,16,17). The van der Waals surface area contributed by atoms with Crippen molar-refractivity contribution in [2.24, 2.45) is 4.99 Å². The summed E-state index contributed by atoms with van der Waals surface area (Å²) < 4.78 is 5.51. The van der Waals surface area contributed by atoms with Crippen molar-refractivity contribution in [1.82, 2.24) is 15.6 Å². The minimum absolute atomic E-state index is 0.559. The van der Waals surface area contributed by atoms with Crippen molar-refractivity contribution in [3.05, 3.63) is 17.3 Å². The Morgan fingerprint density at radius 3 is 2.58 bits per heavy atom. The molecule has 108 valence electrons. The van der Waals surface area contributed by atoms with Gasteiger partial charge in [0.25, 0.3) is 0 Å². The Morgan fingerprint density at radius 1 is 1.21 bits per heavy atom. The minimum atomic E-state index is 0.559. The van der Waals surface area contributed by atoms with E-state index in [1.54, 1.807) is 7.05 Å². The summed E-state index contributed by atoms with van der Waals surface area (Å²) in [6.45, 7) is 7.59. The Morgan fingerprint density at radius 2 is 2.00 bits per heavy atom. The molecule has 0 saturated carbocycles. The second kappa shape index (κ2) is 8.56. The summed E-state index contributed by atoms with van der Waals surface area (Å²) in [6, 6.07) is 0. The molecule has 0 spiro atoms. The van der Waals surface area contributed by atoms with Gasteiger partial charge in [-0.3, -0.25) is 4.99 Å². The van der Waals surface area contributed by atoms with Crippen LogP contribution >= 0.6 is 0 Å². The summed E-state index contributed by atoms with van der Waals surface area (Å²) in [5.41, 5.74) is 0.944. The minimum Gasteiger partial charge on any atom is -0.444 e. The quantitative estimate of drug-likeness (QED) is 0.452. The first-order valence-electron chi connectivity index (χ1n) is 7.04. The van der Waals surface area contributed by atoms with Crippen LogP contribution < -0.4 is 10.6 Å².